The molecule has 0 aromatic heterocycles. The highest BCUT2D eigenvalue weighted by molar-refractivity contribution is 6.02. The molecule has 1 heterocycles. The van der Waals surface area contributed by atoms with Crippen LogP contribution in [0.2, 0.25) is 0 Å². The standard InChI is InChI=1S/C15H21NO2/c1-3-18-14-8-7-11(2)10-12(14)15(17)13-6-4-5-9-16-13/h7-8,10,13,16H,3-6,9H2,1-2H3. The van der Waals surface area contributed by atoms with Gasteiger partial charge in [0.05, 0.1) is 18.2 Å². The fraction of sp³-hybridized carbons (Fsp3) is 0.533. The lowest BCUT2D eigenvalue weighted by molar-refractivity contribution is 0.0923. The molecule has 1 unspecified atom stereocenters. The van der Waals surface area contributed by atoms with E-state index in [1.165, 1.54) is 0 Å². The molecule has 1 atom stereocenters. The first-order chi connectivity index (χ1) is 8.72. The summed E-state index contributed by atoms with van der Waals surface area (Å²) >= 11 is 0. The Kier molecular flexibility index (Phi) is 4.37. The molecule has 1 saturated heterocycles. The van der Waals surface area contributed by atoms with Crippen molar-refractivity contribution in [3.63, 3.8) is 0 Å². The molecule has 3 heteroatoms. The van der Waals surface area contributed by atoms with Crippen molar-refractivity contribution < 1.29 is 9.53 Å². The highest BCUT2D eigenvalue weighted by atomic mass is 16.5. The molecule has 1 aliphatic rings. The number of hydrogen-bond acceptors (Lipinski definition) is 3. The van der Waals surface area contributed by atoms with Gasteiger partial charge >= 0.3 is 0 Å². The lowest BCUT2D eigenvalue weighted by Crippen LogP contribution is -2.40. The third-order valence-corrected chi connectivity index (χ3v) is 3.33. The number of carbonyl (C=O) groups is 1. The number of ketones is 1. The topological polar surface area (TPSA) is 38.3 Å². The number of nitrogens with one attached hydrogen (secondary N) is 1. The Morgan fingerprint density at radius 3 is 2.94 bits per heavy atom. The van der Waals surface area contributed by atoms with Crippen molar-refractivity contribution in [2.45, 2.75) is 39.2 Å². The molecule has 1 aromatic carbocycles. The first kappa shape index (κ1) is 13.1. The molecule has 3 nitrogen and oxygen atoms in total. The summed E-state index contributed by atoms with van der Waals surface area (Å²) in [5.41, 5.74) is 1.81. The molecule has 1 fully saturated rings. The van der Waals surface area contributed by atoms with Gasteiger partial charge in [-0.25, -0.2) is 0 Å². The second kappa shape index (κ2) is 6.01. The smallest absolute Gasteiger partial charge is 0.183 e. The molecule has 18 heavy (non-hydrogen) atoms. The molecule has 98 valence electrons. The highest BCUT2D eigenvalue weighted by Gasteiger charge is 2.24. The number of rotatable bonds is 4. The fourth-order valence-electron chi connectivity index (χ4n) is 2.38. The first-order valence-corrected chi connectivity index (χ1v) is 6.73. The van der Waals surface area contributed by atoms with Crippen LogP contribution in [-0.2, 0) is 0 Å². The normalized spacial score (nSPS) is 19.6. The molecule has 0 aliphatic carbocycles. The van der Waals surface area contributed by atoms with Crippen LogP contribution in [0.1, 0.15) is 42.1 Å². The van der Waals surface area contributed by atoms with Gasteiger partial charge in [0.25, 0.3) is 0 Å². The van der Waals surface area contributed by atoms with Crippen LogP contribution in [-0.4, -0.2) is 25.0 Å². The molecule has 2 rings (SSSR count). The maximum absolute atomic E-state index is 12.5. The van der Waals surface area contributed by atoms with Gasteiger partial charge < -0.3 is 10.1 Å². The molecule has 0 bridgehead atoms. The van der Waals surface area contributed by atoms with Crippen molar-refractivity contribution in [3.05, 3.63) is 29.3 Å². The quantitative estimate of drug-likeness (QED) is 0.831. The lowest BCUT2D eigenvalue weighted by atomic mass is 9.95. The number of Topliss-reactive ketones (excluding diaryl/α,β-unsaturated/α-hetero) is 1. The van der Waals surface area contributed by atoms with E-state index >= 15 is 0 Å². The van der Waals surface area contributed by atoms with Crippen LogP contribution in [0.25, 0.3) is 0 Å². The first-order valence-electron chi connectivity index (χ1n) is 6.73. The summed E-state index contributed by atoms with van der Waals surface area (Å²) in [6.45, 7) is 5.46. The molecule has 0 amide bonds. The molecule has 1 N–H and O–H groups in total. The fourth-order valence-corrected chi connectivity index (χ4v) is 2.38. The van der Waals surface area contributed by atoms with E-state index in [0.29, 0.717) is 12.4 Å². The second-order valence-corrected chi connectivity index (χ2v) is 4.80. The zero-order valence-corrected chi connectivity index (χ0v) is 11.2. The second-order valence-electron chi connectivity index (χ2n) is 4.80. The Hall–Kier alpha value is -1.35. The number of benzene rings is 1. The number of hydrogen-bond donors (Lipinski definition) is 1. The molecular weight excluding hydrogens is 226 g/mol. The van der Waals surface area contributed by atoms with Gasteiger partial charge in [-0.3, -0.25) is 4.79 Å². The Morgan fingerprint density at radius 2 is 2.28 bits per heavy atom. The van der Waals surface area contributed by atoms with Crippen LogP contribution in [0.4, 0.5) is 0 Å². The number of carbonyl (C=O) groups excluding carboxylic acids is 1. The van der Waals surface area contributed by atoms with Crippen molar-refractivity contribution in [1.82, 2.24) is 5.32 Å². The van der Waals surface area contributed by atoms with Gasteiger partial charge in [-0.15, -0.1) is 0 Å². The SMILES string of the molecule is CCOc1ccc(C)cc1C(=O)C1CCCCN1. The minimum absolute atomic E-state index is 0.0419. The van der Waals surface area contributed by atoms with Gasteiger partial charge in [0.1, 0.15) is 5.75 Å². The van der Waals surface area contributed by atoms with Crippen molar-refractivity contribution in [2.24, 2.45) is 0 Å². The van der Waals surface area contributed by atoms with E-state index in [4.69, 9.17) is 4.74 Å². The monoisotopic (exact) mass is 247 g/mol. The van der Waals surface area contributed by atoms with Gasteiger partial charge in [0.2, 0.25) is 0 Å². The van der Waals surface area contributed by atoms with Crippen molar-refractivity contribution >= 4 is 5.78 Å². The predicted octanol–water partition coefficient (Wildman–Crippen LogP) is 2.72. The van der Waals surface area contributed by atoms with Crippen LogP contribution >= 0.6 is 0 Å². The van der Waals surface area contributed by atoms with E-state index in [0.717, 1.165) is 36.9 Å². The molecule has 0 spiro atoms. The maximum atomic E-state index is 12.5. The third-order valence-electron chi connectivity index (χ3n) is 3.33. The van der Waals surface area contributed by atoms with Crippen molar-refractivity contribution in [3.8, 4) is 5.75 Å². The third kappa shape index (κ3) is 2.91. The summed E-state index contributed by atoms with van der Waals surface area (Å²) in [6.07, 6.45) is 3.22. The number of ether oxygens (including phenoxy) is 1. The predicted molar refractivity (Wildman–Crippen MR) is 72.3 cm³/mol. The Morgan fingerprint density at radius 1 is 1.44 bits per heavy atom. The summed E-state index contributed by atoms with van der Waals surface area (Å²) in [5.74, 6) is 0.877. The van der Waals surface area contributed by atoms with Crippen molar-refractivity contribution in [1.29, 1.82) is 0 Å². The largest absolute Gasteiger partial charge is 0.493 e. The van der Waals surface area contributed by atoms with E-state index in [9.17, 15) is 4.79 Å². The van der Waals surface area contributed by atoms with Crippen molar-refractivity contribution in [2.75, 3.05) is 13.2 Å². The average molecular weight is 247 g/mol. The van der Waals surface area contributed by atoms with Gasteiger partial charge in [0, 0.05) is 0 Å². The molecule has 1 aromatic rings. The van der Waals surface area contributed by atoms with E-state index in [1.54, 1.807) is 0 Å². The summed E-state index contributed by atoms with van der Waals surface area (Å²) in [4.78, 5) is 12.5. The number of piperidine rings is 1. The van der Waals surface area contributed by atoms with E-state index in [1.807, 2.05) is 32.0 Å². The molecule has 0 radical (unpaired) electrons. The zero-order valence-electron chi connectivity index (χ0n) is 11.2. The lowest BCUT2D eigenvalue weighted by Gasteiger charge is -2.23. The Bertz CT molecular complexity index is 423. The molecule has 0 saturated carbocycles. The zero-order chi connectivity index (χ0) is 13.0. The Balaban J connectivity index is 2.24. The minimum Gasteiger partial charge on any atom is -0.493 e. The van der Waals surface area contributed by atoms with Crippen LogP contribution in [0, 0.1) is 6.92 Å². The van der Waals surface area contributed by atoms with Crippen LogP contribution in [0.5, 0.6) is 5.75 Å². The summed E-state index contributed by atoms with van der Waals surface area (Å²) < 4.78 is 5.56. The number of aryl methyl sites for hydroxylation is 1. The van der Waals surface area contributed by atoms with Gasteiger partial charge in [-0.05, 0) is 45.4 Å². The molecular formula is C15H21NO2. The molecule has 1 aliphatic heterocycles. The maximum Gasteiger partial charge on any atom is 0.183 e. The van der Waals surface area contributed by atoms with Gasteiger partial charge in [-0.2, -0.15) is 0 Å². The highest BCUT2D eigenvalue weighted by Crippen LogP contribution is 2.23. The average Bonchev–Trinajstić information content (AvgIpc) is 2.41. The van der Waals surface area contributed by atoms with E-state index in [2.05, 4.69) is 5.32 Å². The summed E-state index contributed by atoms with van der Waals surface area (Å²) in [5, 5.41) is 3.30. The van der Waals surface area contributed by atoms with Gasteiger partial charge in [-0.1, -0.05) is 18.1 Å². The van der Waals surface area contributed by atoms with Crippen LogP contribution in [0.15, 0.2) is 18.2 Å². The van der Waals surface area contributed by atoms with Crippen LogP contribution in [0.3, 0.4) is 0 Å². The Labute approximate surface area is 109 Å². The minimum atomic E-state index is -0.0419. The van der Waals surface area contributed by atoms with Crippen LogP contribution < -0.4 is 10.1 Å². The van der Waals surface area contributed by atoms with E-state index < -0.39 is 0 Å². The van der Waals surface area contributed by atoms with Gasteiger partial charge in [0.15, 0.2) is 5.78 Å². The summed E-state index contributed by atoms with van der Waals surface area (Å²) in [6, 6.07) is 5.77. The van der Waals surface area contributed by atoms with E-state index in [-0.39, 0.29) is 11.8 Å². The summed E-state index contributed by atoms with van der Waals surface area (Å²) in [7, 11) is 0.